The monoisotopic (exact) mass is 252 g/mol. The Hall–Kier alpha value is 0.860. The number of rotatable bonds is 4. The fourth-order valence-corrected chi connectivity index (χ4v) is 0.482. The van der Waals surface area contributed by atoms with E-state index in [0.717, 1.165) is 0 Å². The summed E-state index contributed by atoms with van der Waals surface area (Å²) in [5.74, 6) is -2.43. The zero-order chi connectivity index (χ0) is 11.7. The molecule has 0 aromatic carbocycles. The third kappa shape index (κ3) is 36.4. The van der Waals surface area contributed by atoms with E-state index in [1.807, 2.05) is 0 Å². The summed E-state index contributed by atoms with van der Waals surface area (Å²) in [5, 5.41) is 35.7. The number of hydrogen-bond acceptors (Lipinski definition) is 6. The summed E-state index contributed by atoms with van der Waals surface area (Å²) in [6.07, 6.45) is -2.13. The summed E-state index contributed by atoms with van der Waals surface area (Å²) in [6.45, 7) is 2.80. The van der Waals surface area contributed by atoms with Gasteiger partial charge in [-0.15, -0.1) is 0 Å². The van der Waals surface area contributed by atoms with Crippen molar-refractivity contribution in [2.45, 2.75) is 38.9 Å². The quantitative estimate of drug-likeness (QED) is 0.479. The summed E-state index contributed by atoms with van der Waals surface area (Å²) in [5.41, 5.74) is 0. The van der Waals surface area contributed by atoms with Crippen molar-refractivity contribution in [3.05, 3.63) is 0 Å². The molecule has 0 radical (unpaired) electrons. The van der Waals surface area contributed by atoms with E-state index in [2.05, 4.69) is 0 Å². The Balaban J connectivity index is -0.0000000800. The van der Waals surface area contributed by atoms with Gasteiger partial charge in [-0.2, -0.15) is 0 Å². The molecule has 0 aromatic heterocycles. The van der Waals surface area contributed by atoms with Crippen LogP contribution in [0.2, 0.25) is 0 Å². The van der Waals surface area contributed by atoms with Crippen molar-refractivity contribution in [1.82, 2.24) is 0 Å². The van der Waals surface area contributed by atoms with Gasteiger partial charge in [-0.3, -0.25) is 0 Å². The fraction of sp³-hybridized carbons (Fsp3) is 0.750. The Bertz CT molecular complexity index is 163. The van der Waals surface area contributed by atoms with Crippen molar-refractivity contribution in [2.75, 3.05) is 0 Å². The minimum Gasteiger partial charge on any atom is -0.550 e. The van der Waals surface area contributed by atoms with Gasteiger partial charge in [-0.05, 0) is 13.8 Å². The molecule has 0 saturated carbocycles. The second-order valence-electron chi connectivity index (χ2n) is 2.85. The van der Waals surface area contributed by atoms with E-state index < -0.39 is 24.1 Å². The SMILES string of the molecule is CC(O)CC(=O)[O-].CC(O)CC(=O)[O-].[Na+].[Na+]. The molecule has 0 aliphatic rings. The molecule has 0 aromatic rings. The zero-order valence-electron chi connectivity index (χ0n) is 10.1. The molecular formula is C8H14Na2O6. The number of hydrogen-bond donors (Lipinski definition) is 2. The molecule has 2 unspecified atom stereocenters. The van der Waals surface area contributed by atoms with Crippen molar-refractivity contribution in [3.8, 4) is 0 Å². The summed E-state index contributed by atoms with van der Waals surface area (Å²) in [4.78, 5) is 19.1. The summed E-state index contributed by atoms with van der Waals surface area (Å²) < 4.78 is 0. The molecule has 0 amide bonds. The molecule has 84 valence electrons. The molecule has 2 N–H and O–H groups in total. The van der Waals surface area contributed by atoms with Crippen molar-refractivity contribution in [3.63, 3.8) is 0 Å². The van der Waals surface area contributed by atoms with E-state index in [9.17, 15) is 19.8 Å². The van der Waals surface area contributed by atoms with Crippen LogP contribution in [0.1, 0.15) is 26.7 Å². The first-order valence-corrected chi connectivity index (χ1v) is 4.01. The van der Waals surface area contributed by atoms with Crippen molar-refractivity contribution >= 4 is 11.9 Å². The van der Waals surface area contributed by atoms with Crippen molar-refractivity contribution in [2.24, 2.45) is 0 Å². The molecule has 16 heavy (non-hydrogen) atoms. The second-order valence-corrected chi connectivity index (χ2v) is 2.85. The van der Waals surface area contributed by atoms with Gasteiger partial charge >= 0.3 is 59.1 Å². The number of carbonyl (C=O) groups excluding carboxylic acids is 2. The third-order valence-electron chi connectivity index (χ3n) is 0.924. The Labute approximate surface area is 139 Å². The van der Waals surface area contributed by atoms with Crippen molar-refractivity contribution < 1.29 is 89.1 Å². The molecule has 0 aliphatic heterocycles. The number of carbonyl (C=O) groups is 2. The van der Waals surface area contributed by atoms with Gasteiger partial charge in [0.25, 0.3) is 0 Å². The summed E-state index contributed by atoms with van der Waals surface area (Å²) in [7, 11) is 0. The maximum absolute atomic E-state index is 9.54. The van der Waals surface area contributed by atoms with Crippen LogP contribution in [0.5, 0.6) is 0 Å². The number of aliphatic carboxylic acids is 2. The average molecular weight is 252 g/mol. The van der Waals surface area contributed by atoms with Crippen LogP contribution in [0.25, 0.3) is 0 Å². The molecule has 0 aliphatic carbocycles. The molecule has 0 heterocycles. The number of aliphatic hydroxyl groups is 2. The first kappa shape index (κ1) is 25.6. The van der Waals surface area contributed by atoms with Gasteiger partial charge in [0.15, 0.2) is 0 Å². The van der Waals surface area contributed by atoms with Crippen LogP contribution in [0.3, 0.4) is 0 Å². The molecule has 6 nitrogen and oxygen atoms in total. The Morgan fingerprint density at radius 2 is 1.12 bits per heavy atom. The third-order valence-corrected chi connectivity index (χ3v) is 0.924. The number of aliphatic hydroxyl groups excluding tert-OH is 2. The van der Waals surface area contributed by atoms with Gasteiger partial charge in [0, 0.05) is 24.8 Å². The van der Waals surface area contributed by atoms with Gasteiger partial charge in [-0.1, -0.05) is 0 Å². The van der Waals surface area contributed by atoms with E-state index in [0.29, 0.717) is 0 Å². The van der Waals surface area contributed by atoms with Gasteiger partial charge in [0.05, 0.1) is 12.2 Å². The maximum atomic E-state index is 9.54. The second kappa shape index (κ2) is 15.9. The standard InChI is InChI=1S/2C4H8O3.2Na/c2*1-3(5)2-4(6)7;;/h2*3,5H,2H2,1H3,(H,6,7);;/q;;2*+1/p-2. The maximum Gasteiger partial charge on any atom is 1.00 e. The van der Waals surface area contributed by atoms with Crippen LogP contribution in [0, 0.1) is 0 Å². The number of carboxylic acids is 2. The minimum absolute atomic E-state index is 0. The molecular weight excluding hydrogens is 238 g/mol. The first-order valence-electron chi connectivity index (χ1n) is 4.01. The van der Waals surface area contributed by atoms with Crippen LogP contribution in [-0.4, -0.2) is 34.4 Å². The fourth-order valence-electron chi connectivity index (χ4n) is 0.482. The molecule has 2 atom stereocenters. The predicted molar refractivity (Wildman–Crippen MR) is 42.6 cm³/mol. The average Bonchev–Trinajstić information content (AvgIpc) is 1.79. The largest absolute Gasteiger partial charge is 1.00 e. The van der Waals surface area contributed by atoms with E-state index >= 15 is 0 Å². The topological polar surface area (TPSA) is 121 Å². The first-order chi connectivity index (χ1) is 6.25. The van der Waals surface area contributed by atoms with Gasteiger partial charge in [0.2, 0.25) is 0 Å². The molecule has 0 bridgehead atoms. The Kier molecular flexibility index (Phi) is 25.4. The number of carboxylic acid groups (broad SMARTS) is 2. The van der Waals surface area contributed by atoms with Crippen LogP contribution in [0.15, 0.2) is 0 Å². The molecule has 0 fully saturated rings. The van der Waals surface area contributed by atoms with Gasteiger partial charge < -0.3 is 30.0 Å². The Morgan fingerprint density at radius 1 is 0.938 bits per heavy atom. The molecule has 8 heteroatoms. The van der Waals surface area contributed by atoms with Crippen molar-refractivity contribution in [1.29, 1.82) is 0 Å². The molecule has 0 spiro atoms. The predicted octanol–water partition coefficient (Wildman–Crippen LogP) is -8.98. The minimum atomic E-state index is -1.21. The van der Waals surface area contributed by atoms with Gasteiger partial charge in [0.1, 0.15) is 0 Å². The smallest absolute Gasteiger partial charge is 0.550 e. The van der Waals surface area contributed by atoms with Crippen LogP contribution >= 0.6 is 0 Å². The summed E-state index contributed by atoms with van der Waals surface area (Å²) in [6, 6.07) is 0. The molecule has 0 saturated heterocycles. The van der Waals surface area contributed by atoms with Crippen LogP contribution < -0.4 is 69.3 Å². The summed E-state index contributed by atoms with van der Waals surface area (Å²) >= 11 is 0. The van der Waals surface area contributed by atoms with Gasteiger partial charge in [-0.25, -0.2) is 0 Å². The zero-order valence-corrected chi connectivity index (χ0v) is 14.1. The molecule has 0 rings (SSSR count). The van der Waals surface area contributed by atoms with E-state index in [4.69, 9.17) is 10.2 Å². The normalized spacial score (nSPS) is 11.8. The van der Waals surface area contributed by atoms with Crippen LogP contribution in [0.4, 0.5) is 0 Å². The van der Waals surface area contributed by atoms with E-state index in [1.165, 1.54) is 13.8 Å². The van der Waals surface area contributed by atoms with E-state index in [1.54, 1.807) is 0 Å². The Morgan fingerprint density at radius 3 is 1.12 bits per heavy atom. The van der Waals surface area contributed by atoms with Crippen LogP contribution in [-0.2, 0) is 9.59 Å². The van der Waals surface area contributed by atoms with E-state index in [-0.39, 0.29) is 72.0 Å².